The van der Waals surface area contributed by atoms with E-state index in [2.05, 4.69) is 39.6 Å². The molecule has 0 spiro atoms. The van der Waals surface area contributed by atoms with E-state index in [0.29, 0.717) is 19.6 Å². The van der Waals surface area contributed by atoms with Crippen molar-refractivity contribution in [3.05, 3.63) is 35.4 Å². The minimum absolute atomic E-state index is 0. The second kappa shape index (κ2) is 12.1. The van der Waals surface area contributed by atoms with Crippen LogP contribution in [0.2, 0.25) is 0 Å². The lowest BCUT2D eigenvalue weighted by Crippen LogP contribution is -2.48. The molecule has 146 valence electrons. The summed E-state index contributed by atoms with van der Waals surface area (Å²) in [5.41, 5.74) is 2.46. The van der Waals surface area contributed by atoms with Crippen molar-refractivity contribution in [2.24, 2.45) is 4.99 Å². The Bertz CT molecular complexity index is 595. The van der Waals surface area contributed by atoms with E-state index in [9.17, 15) is 4.79 Å². The van der Waals surface area contributed by atoms with Gasteiger partial charge >= 0.3 is 0 Å². The summed E-state index contributed by atoms with van der Waals surface area (Å²) in [4.78, 5) is 18.3. The van der Waals surface area contributed by atoms with Crippen molar-refractivity contribution in [1.82, 2.24) is 15.5 Å². The fourth-order valence-electron chi connectivity index (χ4n) is 2.95. The zero-order valence-electron chi connectivity index (χ0n) is 16.0. The van der Waals surface area contributed by atoms with Crippen molar-refractivity contribution in [1.29, 1.82) is 0 Å². The summed E-state index contributed by atoms with van der Waals surface area (Å²) in [6, 6.07) is 8.33. The molecule has 0 aromatic heterocycles. The Hall–Kier alpha value is -1.35. The number of carbonyl (C=O) groups excluding carboxylic acids is 1. The van der Waals surface area contributed by atoms with Gasteiger partial charge in [-0.15, -0.1) is 24.0 Å². The second-order valence-electron chi connectivity index (χ2n) is 6.24. The van der Waals surface area contributed by atoms with Crippen LogP contribution in [0.25, 0.3) is 0 Å². The van der Waals surface area contributed by atoms with Gasteiger partial charge in [0.1, 0.15) is 6.10 Å². The van der Waals surface area contributed by atoms with Crippen LogP contribution in [0.15, 0.2) is 29.3 Å². The van der Waals surface area contributed by atoms with E-state index in [1.807, 2.05) is 19.1 Å². The molecule has 2 N–H and O–H groups in total. The molecule has 1 fully saturated rings. The average Bonchev–Trinajstić information content (AvgIpc) is 2.64. The van der Waals surface area contributed by atoms with Crippen LogP contribution in [-0.4, -0.2) is 56.6 Å². The Balaban J connectivity index is 0.00000338. The first kappa shape index (κ1) is 22.7. The van der Waals surface area contributed by atoms with Crippen LogP contribution in [0, 0.1) is 6.92 Å². The quantitative estimate of drug-likeness (QED) is 0.378. The van der Waals surface area contributed by atoms with Gasteiger partial charge in [-0.2, -0.15) is 0 Å². The lowest BCUT2D eigenvalue weighted by molar-refractivity contribution is -0.120. The topological polar surface area (TPSA) is 66.0 Å². The van der Waals surface area contributed by atoms with Crippen LogP contribution in [0.5, 0.6) is 0 Å². The number of ether oxygens (including phenoxy) is 1. The molecule has 26 heavy (non-hydrogen) atoms. The van der Waals surface area contributed by atoms with E-state index < -0.39 is 0 Å². The van der Waals surface area contributed by atoms with Crippen molar-refractivity contribution < 1.29 is 9.53 Å². The molecule has 1 aliphatic rings. The van der Waals surface area contributed by atoms with E-state index in [1.165, 1.54) is 11.1 Å². The third-order valence-corrected chi connectivity index (χ3v) is 4.32. The first-order valence-electron chi connectivity index (χ1n) is 9.05. The van der Waals surface area contributed by atoms with E-state index in [1.54, 1.807) is 7.05 Å². The number of aryl methyl sites for hydroxylation is 1. The van der Waals surface area contributed by atoms with Crippen LogP contribution in [0.1, 0.15) is 37.0 Å². The molecule has 0 radical (unpaired) electrons. The van der Waals surface area contributed by atoms with Gasteiger partial charge in [0.05, 0.1) is 13.2 Å². The number of guanidine groups is 1. The number of nitrogens with zero attached hydrogens (tertiary/aromatic N) is 2. The number of aliphatic imine (C=N–C) groups is 1. The predicted octanol–water partition coefficient (Wildman–Crippen LogP) is 2.48. The van der Waals surface area contributed by atoms with Crippen LogP contribution in [-0.2, 0) is 9.53 Å². The molecular formula is C19H31IN4O2. The van der Waals surface area contributed by atoms with Crippen molar-refractivity contribution in [3.8, 4) is 0 Å². The Morgan fingerprint density at radius 2 is 2.08 bits per heavy atom. The van der Waals surface area contributed by atoms with Gasteiger partial charge in [0.2, 0.25) is 5.91 Å². The highest BCUT2D eigenvalue weighted by atomic mass is 127. The standard InChI is InChI=1S/C19H30N4O2.HI/c1-4-10-21-18(24)9-11-22-19(20-3)23-12-13-25-17(14-23)16-8-6-5-7-15(16)2;/h5-8,17H,4,9-14H2,1-3H3,(H,20,22)(H,21,24);1H. The maximum Gasteiger partial charge on any atom is 0.221 e. The van der Waals surface area contributed by atoms with E-state index in [-0.39, 0.29) is 36.0 Å². The fourth-order valence-corrected chi connectivity index (χ4v) is 2.95. The molecular weight excluding hydrogens is 443 g/mol. The number of morpholine rings is 1. The number of rotatable bonds is 6. The summed E-state index contributed by atoms with van der Waals surface area (Å²) < 4.78 is 5.97. The third-order valence-electron chi connectivity index (χ3n) is 4.32. The molecule has 0 bridgehead atoms. The summed E-state index contributed by atoms with van der Waals surface area (Å²) in [7, 11) is 1.78. The summed E-state index contributed by atoms with van der Waals surface area (Å²) in [6.07, 6.45) is 1.45. The molecule has 1 amide bonds. The number of amides is 1. The monoisotopic (exact) mass is 474 g/mol. The molecule has 0 aliphatic carbocycles. The number of carbonyl (C=O) groups is 1. The smallest absolute Gasteiger partial charge is 0.221 e. The van der Waals surface area contributed by atoms with Crippen LogP contribution in [0.4, 0.5) is 0 Å². The first-order chi connectivity index (χ1) is 12.2. The molecule has 1 atom stereocenters. The minimum Gasteiger partial charge on any atom is -0.370 e. The van der Waals surface area contributed by atoms with Crippen LogP contribution < -0.4 is 10.6 Å². The summed E-state index contributed by atoms with van der Waals surface area (Å²) in [6.45, 7) is 7.68. The Kier molecular flexibility index (Phi) is 10.6. The Morgan fingerprint density at radius 3 is 2.77 bits per heavy atom. The second-order valence-corrected chi connectivity index (χ2v) is 6.24. The number of hydrogen-bond acceptors (Lipinski definition) is 3. The normalized spacial score (nSPS) is 17.4. The van der Waals surface area contributed by atoms with Crippen molar-refractivity contribution >= 4 is 35.8 Å². The summed E-state index contributed by atoms with van der Waals surface area (Å²) in [5.74, 6) is 0.898. The molecule has 7 heteroatoms. The zero-order chi connectivity index (χ0) is 18.1. The van der Waals surface area contributed by atoms with Gasteiger partial charge in [0, 0.05) is 33.1 Å². The zero-order valence-corrected chi connectivity index (χ0v) is 18.3. The Labute approximate surface area is 173 Å². The number of benzene rings is 1. The number of halogens is 1. The van der Waals surface area contributed by atoms with E-state index >= 15 is 0 Å². The molecule has 1 aliphatic heterocycles. The number of hydrogen-bond donors (Lipinski definition) is 2. The summed E-state index contributed by atoms with van der Waals surface area (Å²) in [5, 5.41) is 6.18. The molecule has 1 aromatic carbocycles. The van der Waals surface area contributed by atoms with E-state index in [4.69, 9.17) is 4.74 Å². The fraction of sp³-hybridized carbons (Fsp3) is 0.579. The van der Waals surface area contributed by atoms with Gasteiger partial charge in [-0.25, -0.2) is 0 Å². The molecule has 1 saturated heterocycles. The molecule has 1 aromatic rings. The summed E-state index contributed by atoms with van der Waals surface area (Å²) >= 11 is 0. The van der Waals surface area contributed by atoms with Gasteiger partial charge < -0.3 is 20.3 Å². The van der Waals surface area contributed by atoms with Gasteiger partial charge in [-0.1, -0.05) is 31.2 Å². The lowest BCUT2D eigenvalue weighted by atomic mass is 10.0. The highest BCUT2D eigenvalue weighted by molar-refractivity contribution is 14.0. The van der Waals surface area contributed by atoms with Crippen molar-refractivity contribution in [2.75, 3.05) is 39.8 Å². The van der Waals surface area contributed by atoms with Crippen LogP contribution >= 0.6 is 24.0 Å². The van der Waals surface area contributed by atoms with E-state index in [0.717, 1.165) is 32.0 Å². The van der Waals surface area contributed by atoms with Gasteiger partial charge in [-0.05, 0) is 24.5 Å². The highest BCUT2D eigenvalue weighted by Gasteiger charge is 2.25. The van der Waals surface area contributed by atoms with Gasteiger partial charge in [0.25, 0.3) is 0 Å². The van der Waals surface area contributed by atoms with Crippen LogP contribution in [0.3, 0.4) is 0 Å². The lowest BCUT2D eigenvalue weighted by Gasteiger charge is -2.35. The maximum atomic E-state index is 11.7. The van der Waals surface area contributed by atoms with Crippen molar-refractivity contribution in [2.45, 2.75) is 32.8 Å². The largest absolute Gasteiger partial charge is 0.370 e. The third kappa shape index (κ3) is 6.75. The van der Waals surface area contributed by atoms with Crippen molar-refractivity contribution in [3.63, 3.8) is 0 Å². The Morgan fingerprint density at radius 1 is 1.31 bits per heavy atom. The first-order valence-corrected chi connectivity index (χ1v) is 9.05. The predicted molar refractivity (Wildman–Crippen MR) is 116 cm³/mol. The average molecular weight is 474 g/mol. The van der Waals surface area contributed by atoms with Gasteiger partial charge in [-0.3, -0.25) is 9.79 Å². The molecule has 1 unspecified atom stereocenters. The molecule has 0 saturated carbocycles. The molecule has 2 rings (SSSR count). The SMILES string of the molecule is CCCNC(=O)CCNC(=NC)N1CCOC(c2ccccc2C)C1.I. The highest BCUT2D eigenvalue weighted by Crippen LogP contribution is 2.24. The molecule has 1 heterocycles. The number of nitrogens with one attached hydrogen (secondary N) is 2. The minimum atomic E-state index is 0. The maximum absolute atomic E-state index is 11.7. The molecule has 6 nitrogen and oxygen atoms in total. The van der Waals surface area contributed by atoms with Gasteiger partial charge in [0.15, 0.2) is 5.96 Å².